The summed E-state index contributed by atoms with van der Waals surface area (Å²) in [5.41, 5.74) is 5.11. The third kappa shape index (κ3) is 3.04. The van der Waals surface area contributed by atoms with Crippen molar-refractivity contribution in [2.45, 2.75) is 51.0 Å². The van der Waals surface area contributed by atoms with E-state index in [1.807, 2.05) is 0 Å². The third-order valence-corrected chi connectivity index (χ3v) is 4.72. The minimum absolute atomic E-state index is 0.156. The van der Waals surface area contributed by atoms with Gasteiger partial charge in [-0.05, 0) is 57.0 Å². The number of hydrogen-bond donors (Lipinski definition) is 2. The minimum Gasteiger partial charge on any atom is -0.480 e. The van der Waals surface area contributed by atoms with Crippen molar-refractivity contribution >= 4 is 5.97 Å². The molecule has 2 atom stereocenters. The van der Waals surface area contributed by atoms with Crippen LogP contribution in [0.1, 0.15) is 45.4 Å². The summed E-state index contributed by atoms with van der Waals surface area (Å²) >= 11 is 0. The third-order valence-electron chi connectivity index (χ3n) is 4.72. The van der Waals surface area contributed by atoms with Crippen molar-refractivity contribution in [3.8, 4) is 0 Å². The van der Waals surface area contributed by atoms with Gasteiger partial charge < -0.3 is 15.7 Å². The maximum atomic E-state index is 11.3. The summed E-state index contributed by atoms with van der Waals surface area (Å²) in [5.74, 6) is 0.245. The van der Waals surface area contributed by atoms with Gasteiger partial charge in [-0.15, -0.1) is 0 Å². The molecule has 2 unspecified atom stereocenters. The average Bonchev–Trinajstić information content (AvgIpc) is 3.07. The van der Waals surface area contributed by atoms with Gasteiger partial charge in [0.1, 0.15) is 5.54 Å². The maximum absolute atomic E-state index is 11.3. The first-order valence-corrected chi connectivity index (χ1v) is 7.31. The van der Waals surface area contributed by atoms with E-state index in [4.69, 9.17) is 5.73 Å². The fraction of sp³-hybridized carbons (Fsp3) is 0.929. The van der Waals surface area contributed by atoms with Gasteiger partial charge in [0.15, 0.2) is 0 Å². The maximum Gasteiger partial charge on any atom is 0.323 e. The molecule has 2 saturated carbocycles. The standard InChI is InChI=1S/C14H26N2O2/c1-2-16(10-11-5-6-11)9-7-12-4-3-8-14(12,15)13(17)18/h11-12H,2-10,15H2,1H3,(H,17,18). The molecule has 2 aliphatic rings. The second kappa shape index (κ2) is 5.57. The molecule has 0 heterocycles. The Hall–Kier alpha value is -0.610. The van der Waals surface area contributed by atoms with E-state index in [0.717, 1.165) is 38.3 Å². The predicted molar refractivity (Wildman–Crippen MR) is 71.4 cm³/mol. The van der Waals surface area contributed by atoms with E-state index >= 15 is 0 Å². The highest BCUT2D eigenvalue weighted by atomic mass is 16.4. The summed E-state index contributed by atoms with van der Waals surface area (Å²) in [6.45, 7) is 5.44. The van der Waals surface area contributed by atoms with Gasteiger partial charge in [0.2, 0.25) is 0 Å². The molecule has 0 aliphatic heterocycles. The molecule has 4 nitrogen and oxygen atoms in total. The van der Waals surface area contributed by atoms with Gasteiger partial charge in [-0.1, -0.05) is 13.3 Å². The van der Waals surface area contributed by atoms with Crippen molar-refractivity contribution < 1.29 is 9.90 Å². The molecule has 0 radical (unpaired) electrons. The van der Waals surface area contributed by atoms with Crippen LogP contribution < -0.4 is 5.73 Å². The normalized spacial score (nSPS) is 32.1. The zero-order valence-corrected chi connectivity index (χ0v) is 11.4. The van der Waals surface area contributed by atoms with Crippen LogP contribution in [-0.2, 0) is 4.79 Å². The summed E-state index contributed by atoms with van der Waals surface area (Å²) in [6.07, 6.45) is 6.25. The monoisotopic (exact) mass is 254 g/mol. The second-order valence-corrected chi connectivity index (χ2v) is 6.06. The van der Waals surface area contributed by atoms with Crippen molar-refractivity contribution in [2.24, 2.45) is 17.6 Å². The van der Waals surface area contributed by atoms with Crippen LogP contribution in [0.25, 0.3) is 0 Å². The summed E-state index contributed by atoms with van der Waals surface area (Å²) < 4.78 is 0. The van der Waals surface area contributed by atoms with Crippen molar-refractivity contribution in [1.82, 2.24) is 4.90 Å². The number of nitrogens with two attached hydrogens (primary N) is 1. The molecule has 18 heavy (non-hydrogen) atoms. The number of rotatable bonds is 7. The predicted octanol–water partition coefficient (Wildman–Crippen LogP) is 1.69. The molecule has 0 amide bonds. The van der Waals surface area contributed by atoms with Crippen LogP contribution in [0.4, 0.5) is 0 Å². The molecule has 2 fully saturated rings. The molecular formula is C14H26N2O2. The molecule has 2 rings (SSSR count). The lowest BCUT2D eigenvalue weighted by molar-refractivity contribution is -0.144. The van der Waals surface area contributed by atoms with E-state index in [1.165, 1.54) is 19.4 Å². The molecule has 3 N–H and O–H groups in total. The highest BCUT2D eigenvalue weighted by Crippen LogP contribution is 2.36. The Morgan fingerprint density at radius 1 is 1.44 bits per heavy atom. The van der Waals surface area contributed by atoms with Crippen molar-refractivity contribution in [3.63, 3.8) is 0 Å². The van der Waals surface area contributed by atoms with Crippen molar-refractivity contribution in [1.29, 1.82) is 0 Å². The summed E-state index contributed by atoms with van der Waals surface area (Å²) in [4.78, 5) is 13.8. The van der Waals surface area contributed by atoms with Crippen LogP contribution in [0.15, 0.2) is 0 Å². The van der Waals surface area contributed by atoms with E-state index in [0.29, 0.717) is 6.42 Å². The number of carboxylic acids is 1. The molecule has 0 bridgehead atoms. The summed E-state index contributed by atoms with van der Waals surface area (Å²) in [7, 11) is 0. The molecule has 104 valence electrons. The minimum atomic E-state index is -0.959. The van der Waals surface area contributed by atoms with Crippen LogP contribution in [0.2, 0.25) is 0 Å². The van der Waals surface area contributed by atoms with Gasteiger partial charge in [0.25, 0.3) is 0 Å². The number of carbonyl (C=O) groups is 1. The van der Waals surface area contributed by atoms with Crippen LogP contribution in [0, 0.1) is 11.8 Å². The largest absolute Gasteiger partial charge is 0.480 e. The number of aliphatic carboxylic acids is 1. The van der Waals surface area contributed by atoms with Gasteiger partial charge in [-0.3, -0.25) is 4.79 Å². The first-order chi connectivity index (χ1) is 8.56. The van der Waals surface area contributed by atoms with Gasteiger partial charge >= 0.3 is 5.97 Å². The lowest BCUT2D eigenvalue weighted by Crippen LogP contribution is -2.51. The molecule has 2 aliphatic carbocycles. The van der Waals surface area contributed by atoms with E-state index in [2.05, 4.69) is 11.8 Å². The van der Waals surface area contributed by atoms with Crippen LogP contribution >= 0.6 is 0 Å². The summed E-state index contributed by atoms with van der Waals surface area (Å²) in [6, 6.07) is 0. The molecule has 0 aromatic heterocycles. The second-order valence-electron chi connectivity index (χ2n) is 6.06. The van der Waals surface area contributed by atoms with E-state index < -0.39 is 11.5 Å². The Balaban J connectivity index is 1.82. The van der Waals surface area contributed by atoms with Crippen LogP contribution in [0.5, 0.6) is 0 Å². The zero-order chi connectivity index (χ0) is 13.2. The number of hydrogen-bond acceptors (Lipinski definition) is 3. The molecular weight excluding hydrogens is 228 g/mol. The fourth-order valence-electron chi connectivity index (χ4n) is 3.17. The SMILES string of the molecule is CCN(CCC1CCCC1(N)C(=O)O)CC1CC1. The molecule has 0 aromatic carbocycles. The number of nitrogens with zero attached hydrogens (tertiary/aromatic N) is 1. The topological polar surface area (TPSA) is 66.6 Å². The lowest BCUT2D eigenvalue weighted by atomic mass is 9.85. The fourth-order valence-corrected chi connectivity index (χ4v) is 3.17. The Kier molecular flexibility index (Phi) is 4.28. The first-order valence-electron chi connectivity index (χ1n) is 7.31. The highest BCUT2D eigenvalue weighted by Gasteiger charge is 2.45. The van der Waals surface area contributed by atoms with Crippen molar-refractivity contribution in [2.75, 3.05) is 19.6 Å². The average molecular weight is 254 g/mol. The smallest absolute Gasteiger partial charge is 0.323 e. The Morgan fingerprint density at radius 3 is 2.72 bits per heavy atom. The van der Waals surface area contributed by atoms with Crippen LogP contribution in [-0.4, -0.2) is 41.1 Å². The molecule has 0 saturated heterocycles. The zero-order valence-electron chi connectivity index (χ0n) is 11.4. The van der Waals surface area contributed by atoms with E-state index in [-0.39, 0.29) is 5.92 Å². The highest BCUT2D eigenvalue weighted by molar-refractivity contribution is 5.79. The summed E-state index contributed by atoms with van der Waals surface area (Å²) in [5, 5.41) is 9.28. The molecule has 0 aromatic rings. The lowest BCUT2D eigenvalue weighted by Gasteiger charge is -2.29. The van der Waals surface area contributed by atoms with Gasteiger partial charge in [0, 0.05) is 6.54 Å². The Bertz CT molecular complexity index is 304. The van der Waals surface area contributed by atoms with Gasteiger partial charge in [-0.25, -0.2) is 0 Å². The molecule has 4 heteroatoms. The van der Waals surface area contributed by atoms with Gasteiger partial charge in [-0.2, -0.15) is 0 Å². The van der Waals surface area contributed by atoms with Gasteiger partial charge in [0.05, 0.1) is 0 Å². The van der Waals surface area contributed by atoms with Crippen LogP contribution in [0.3, 0.4) is 0 Å². The van der Waals surface area contributed by atoms with Crippen molar-refractivity contribution in [3.05, 3.63) is 0 Å². The Morgan fingerprint density at radius 2 is 2.17 bits per heavy atom. The molecule has 0 spiro atoms. The van der Waals surface area contributed by atoms with E-state index in [1.54, 1.807) is 0 Å². The quantitative estimate of drug-likeness (QED) is 0.725. The first kappa shape index (κ1) is 13.8. The van der Waals surface area contributed by atoms with E-state index in [9.17, 15) is 9.90 Å². The number of carboxylic acid groups (broad SMARTS) is 1. The Labute approximate surface area is 110 Å².